The van der Waals surface area contributed by atoms with Gasteiger partial charge >= 0.3 is 0 Å². The Bertz CT molecular complexity index is 2310. The highest BCUT2D eigenvalue weighted by molar-refractivity contribution is 6.31. The van der Waals surface area contributed by atoms with Gasteiger partial charge in [-0.2, -0.15) is 5.26 Å². The second-order valence-electron chi connectivity index (χ2n) is 17.5. The number of nitriles is 1. The highest BCUT2D eigenvalue weighted by Crippen LogP contribution is 2.55. The molecule has 5 amide bonds. The van der Waals surface area contributed by atoms with Crippen molar-refractivity contribution in [1.29, 1.82) is 5.26 Å². The first kappa shape index (κ1) is 41.2. The Morgan fingerprint density at radius 1 is 0.833 bits per heavy atom. The topological polar surface area (TPSA) is 155 Å². The van der Waals surface area contributed by atoms with Crippen molar-refractivity contribution in [2.24, 2.45) is 10.8 Å². The van der Waals surface area contributed by atoms with Gasteiger partial charge in [-0.3, -0.25) is 39.1 Å². The third kappa shape index (κ3) is 7.13. The summed E-state index contributed by atoms with van der Waals surface area (Å²) >= 11 is 6.21. The lowest BCUT2D eigenvalue weighted by molar-refractivity contribution is -0.164. The minimum absolute atomic E-state index is 0.0572. The minimum Gasteiger partial charge on any atom is -0.489 e. The average molecular weight is 842 g/mol. The number of imide groups is 2. The predicted octanol–water partition coefficient (Wildman–Crippen LogP) is 5.29. The third-order valence-electron chi connectivity index (χ3n) is 13.1. The monoisotopic (exact) mass is 841 g/mol. The molecule has 4 fully saturated rings. The Labute approximate surface area is 351 Å². The Morgan fingerprint density at radius 3 is 2.08 bits per heavy atom. The Hall–Kier alpha value is -5.59. The van der Waals surface area contributed by atoms with Gasteiger partial charge in [-0.1, -0.05) is 39.3 Å². The molecule has 13 nitrogen and oxygen atoms in total. The molecule has 3 aromatic carbocycles. The van der Waals surface area contributed by atoms with Gasteiger partial charge in [0, 0.05) is 86.0 Å². The van der Waals surface area contributed by atoms with Crippen LogP contribution in [0, 0.1) is 33.8 Å². The Kier molecular flexibility index (Phi) is 10.6. The molecule has 1 saturated carbocycles. The summed E-state index contributed by atoms with van der Waals surface area (Å²) in [6, 6.07) is 13.2. The van der Waals surface area contributed by atoms with Crippen molar-refractivity contribution >= 4 is 52.5 Å². The Balaban J connectivity index is 0.842. The normalized spacial score (nSPS) is 24.1. The Morgan fingerprint density at radius 2 is 1.47 bits per heavy atom. The zero-order valence-electron chi connectivity index (χ0n) is 33.8. The van der Waals surface area contributed by atoms with Gasteiger partial charge in [0.1, 0.15) is 41.2 Å². The molecular weight excluding hydrogens is 796 g/mol. The first-order chi connectivity index (χ1) is 28.5. The largest absolute Gasteiger partial charge is 0.489 e. The van der Waals surface area contributed by atoms with E-state index in [0.29, 0.717) is 43.2 Å². The molecule has 4 aliphatic heterocycles. The second-order valence-corrected chi connectivity index (χ2v) is 17.9. The second kappa shape index (κ2) is 15.5. The molecule has 60 heavy (non-hydrogen) atoms. The van der Waals surface area contributed by atoms with Crippen LogP contribution in [0.1, 0.15) is 90.0 Å². The number of nitrogens with zero attached hydrogens (tertiary/aromatic N) is 5. The molecule has 3 aromatic rings. The number of hydrogen-bond acceptors (Lipinski definition) is 10. The molecule has 1 aliphatic carbocycles. The van der Waals surface area contributed by atoms with Crippen LogP contribution in [0.4, 0.5) is 20.2 Å². The van der Waals surface area contributed by atoms with Crippen LogP contribution in [0.15, 0.2) is 48.5 Å². The maximum atomic E-state index is 15.7. The highest BCUT2D eigenvalue weighted by atomic mass is 35.5. The molecule has 8 rings (SSSR count). The molecule has 0 bridgehead atoms. The molecule has 5 aliphatic rings. The van der Waals surface area contributed by atoms with Crippen LogP contribution in [0.2, 0.25) is 5.02 Å². The minimum atomic E-state index is -1.02. The number of carbonyl (C=O) groups excluding carboxylic acids is 5. The molecule has 4 heterocycles. The van der Waals surface area contributed by atoms with Crippen molar-refractivity contribution in [2.75, 3.05) is 49.1 Å². The van der Waals surface area contributed by atoms with Crippen LogP contribution in [0.3, 0.4) is 0 Å². The van der Waals surface area contributed by atoms with E-state index in [2.05, 4.69) is 20.4 Å². The zero-order valence-corrected chi connectivity index (χ0v) is 34.6. The predicted molar refractivity (Wildman–Crippen MR) is 218 cm³/mol. The number of ether oxygens (including phenoxy) is 1. The van der Waals surface area contributed by atoms with E-state index in [4.69, 9.17) is 16.3 Å². The van der Waals surface area contributed by atoms with E-state index in [0.717, 1.165) is 36.5 Å². The number of rotatable bonds is 8. The van der Waals surface area contributed by atoms with Gasteiger partial charge in [0.25, 0.3) is 17.7 Å². The van der Waals surface area contributed by atoms with Gasteiger partial charge in [0.15, 0.2) is 0 Å². The number of piperidine rings is 2. The van der Waals surface area contributed by atoms with Gasteiger partial charge < -0.3 is 19.9 Å². The van der Waals surface area contributed by atoms with E-state index in [1.807, 2.05) is 44.7 Å². The van der Waals surface area contributed by atoms with Crippen LogP contribution >= 0.6 is 11.6 Å². The molecule has 314 valence electrons. The molecule has 3 saturated heterocycles. The van der Waals surface area contributed by atoms with Gasteiger partial charge in [-0.05, 0) is 61.7 Å². The van der Waals surface area contributed by atoms with Crippen molar-refractivity contribution < 1.29 is 37.5 Å². The number of halogens is 3. The summed E-state index contributed by atoms with van der Waals surface area (Å²) in [6.07, 6.45) is 1.48. The zero-order chi connectivity index (χ0) is 42.8. The summed E-state index contributed by atoms with van der Waals surface area (Å²) in [7, 11) is 0. The number of hydrogen-bond donors (Lipinski definition) is 2. The SMILES string of the molecule is CC1(C)[C@H](NC(=O)c2c(F)cc(N3CCN(C4CCN(c5ccc6c(c5)C(=O)N(C5CCC(=O)NC5=O)C6=O)CC4)CC3)cc2F)C(C)(C)[C@H]1Oc1ccc(C#N)c(Cl)c1. The van der Waals surface area contributed by atoms with Crippen LogP contribution in [0.25, 0.3) is 0 Å². The number of anilines is 2. The molecule has 0 spiro atoms. The van der Waals surface area contributed by atoms with E-state index < -0.39 is 69.6 Å². The van der Waals surface area contributed by atoms with Crippen LogP contribution in [-0.4, -0.2) is 103 Å². The standard InChI is InChI=1S/C44H46ClF2N7O6/c1-43(2)41(44(3,4)42(43)60-28-7-5-24(23-48)31(45)22-28)50-38(57)36-32(46)20-27(21-33(36)47)53-17-15-52(16-18-53)25-11-13-51(14-12-25)26-6-8-29-30(19-26)40(59)54(39(29)58)34-9-10-35(55)49-37(34)56/h5-8,19-22,25,34,41-42H,9-18H2,1-4H3,(H,50,57)(H,49,55,56)/t34?,41-,42-. The number of amides is 5. The van der Waals surface area contributed by atoms with E-state index in [9.17, 15) is 29.2 Å². The van der Waals surface area contributed by atoms with Crippen molar-refractivity contribution in [3.05, 3.63) is 87.4 Å². The molecule has 16 heteroatoms. The molecule has 0 radical (unpaired) electrons. The fraction of sp³-hybridized carbons (Fsp3) is 0.455. The number of fused-ring (bicyclic) bond motifs is 1. The molecular formula is C44H46ClF2N7O6. The van der Waals surface area contributed by atoms with Crippen molar-refractivity contribution in [3.8, 4) is 11.8 Å². The van der Waals surface area contributed by atoms with Gasteiger partial charge in [0.2, 0.25) is 11.8 Å². The highest BCUT2D eigenvalue weighted by Gasteiger charge is 2.64. The van der Waals surface area contributed by atoms with Crippen LogP contribution in [-0.2, 0) is 9.59 Å². The maximum Gasteiger partial charge on any atom is 0.262 e. The summed E-state index contributed by atoms with van der Waals surface area (Å²) in [4.78, 5) is 71.5. The van der Waals surface area contributed by atoms with Gasteiger partial charge in [-0.25, -0.2) is 8.78 Å². The number of carbonyl (C=O) groups is 5. The smallest absolute Gasteiger partial charge is 0.262 e. The fourth-order valence-electron chi connectivity index (χ4n) is 10.2. The molecule has 1 atom stereocenters. The van der Waals surface area contributed by atoms with E-state index in [1.54, 1.807) is 30.3 Å². The summed E-state index contributed by atoms with van der Waals surface area (Å²) in [6.45, 7) is 11.6. The fourth-order valence-corrected chi connectivity index (χ4v) is 10.5. The summed E-state index contributed by atoms with van der Waals surface area (Å²) < 4.78 is 37.6. The number of nitrogens with one attached hydrogen (secondary N) is 2. The molecule has 1 unspecified atom stereocenters. The maximum absolute atomic E-state index is 15.7. The van der Waals surface area contributed by atoms with Crippen molar-refractivity contribution in [3.63, 3.8) is 0 Å². The summed E-state index contributed by atoms with van der Waals surface area (Å²) in [5.74, 6) is -4.37. The van der Waals surface area contributed by atoms with Crippen molar-refractivity contribution in [2.45, 2.75) is 77.6 Å². The molecule has 0 aromatic heterocycles. The summed E-state index contributed by atoms with van der Waals surface area (Å²) in [5, 5.41) is 14.6. The van der Waals surface area contributed by atoms with E-state index in [1.165, 1.54) is 12.1 Å². The van der Waals surface area contributed by atoms with E-state index >= 15 is 8.78 Å². The van der Waals surface area contributed by atoms with Crippen LogP contribution in [0.5, 0.6) is 5.75 Å². The van der Waals surface area contributed by atoms with Gasteiger partial charge in [0.05, 0.1) is 21.7 Å². The van der Waals surface area contributed by atoms with Crippen LogP contribution < -0.4 is 25.2 Å². The first-order valence-corrected chi connectivity index (χ1v) is 20.6. The number of piperazine rings is 1. The lowest BCUT2D eigenvalue weighted by atomic mass is 9.49. The number of benzene rings is 3. The quantitative estimate of drug-likeness (QED) is 0.286. The third-order valence-corrected chi connectivity index (χ3v) is 13.4. The van der Waals surface area contributed by atoms with Gasteiger partial charge in [-0.15, -0.1) is 0 Å². The lowest BCUT2D eigenvalue weighted by Crippen LogP contribution is -2.74. The van der Waals surface area contributed by atoms with Crippen molar-refractivity contribution in [1.82, 2.24) is 20.4 Å². The average Bonchev–Trinajstić information content (AvgIpc) is 3.46. The first-order valence-electron chi connectivity index (χ1n) is 20.3. The molecule has 2 N–H and O–H groups in total. The lowest BCUT2D eigenvalue weighted by Gasteiger charge is -2.63. The van der Waals surface area contributed by atoms with E-state index in [-0.39, 0.29) is 41.1 Å². The summed E-state index contributed by atoms with van der Waals surface area (Å²) in [5.41, 5.74) is 0.140.